The first-order valence-electron chi connectivity index (χ1n) is 10.1. The van der Waals surface area contributed by atoms with E-state index in [9.17, 15) is 27.9 Å². The number of alkyl halides is 3. The molecular formula is C23H25F3N4O4. The van der Waals surface area contributed by atoms with Crippen molar-refractivity contribution in [3.8, 4) is 11.5 Å². The van der Waals surface area contributed by atoms with Crippen LogP contribution in [0.5, 0.6) is 11.5 Å². The highest BCUT2D eigenvalue weighted by Gasteiger charge is 2.31. The molecule has 0 spiro atoms. The van der Waals surface area contributed by atoms with Gasteiger partial charge in [-0.25, -0.2) is 4.99 Å². The second-order valence-corrected chi connectivity index (χ2v) is 7.44. The molecule has 0 fully saturated rings. The first kappa shape index (κ1) is 26.4. The molecule has 0 heterocycles. The van der Waals surface area contributed by atoms with Gasteiger partial charge in [-0.1, -0.05) is 0 Å². The van der Waals surface area contributed by atoms with Crippen LogP contribution in [-0.2, 0) is 4.79 Å². The zero-order valence-corrected chi connectivity index (χ0v) is 19.1. The number of rotatable bonds is 7. The van der Waals surface area contributed by atoms with Gasteiger partial charge in [0.05, 0.1) is 12.5 Å². The van der Waals surface area contributed by atoms with Crippen molar-refractivity contribution in [2.45, 2.75) is 25.7 Å². The molecule has 0 saturated heterocycles. The van der Waals surface area contributed by atoms with E-state index in [4.69, 9.17) is 0 Å². The molecule has 0 aliphatic rings. The topological polar surface area (TPSA) is 104 Å². The number of phenols is 1. The van der Waals surface area contributed by atoms with Gasteiger partial charge in [0.2, 0.25) is 5.91 Å². The normalized spacial score (nSPS) is 13.3. The lowest BCUT2D eigenvalue weighted by atomic mass is 10.1. The molecule has 0 unspecified atom stereocenters. The molecule has 0 aromatic heterocycles. The van der Waals surface area contributed by atoms with Crippen molar-refractivity contribution in [3.05, 3.63) is 59.7 Å². The molecule has 11 heteroatoms. The number of hydrogen-bond donors (Lipinski definition) is 2. The Morgan fingerprint density at radius 3 is 2.12 bits per heavy atom. The van der Waals surface area contributed by atoms with Crippen molar-refractivity contribution >= 4 is 23.4 Å². The lowest BCUT2D eigenvalue weighted by molar-refractivity contribution is -0.274. The number of ether oxygens (including phenoxy) is 1. The minimum atomic E-state index is -4.81. The summed E-state index contributed by atoms with van der Waals surface area (Å²) in [5.41, 5.74) is 1.05. The molecule has 2 amide bonds. The molecule has 2 N–H and O–H groups in total. The maximum absolute atomic E-state index is 12.7. The molecule has 0 radical (unpaired) electrons. The van der Waals surface area contributed by atoms with E-state index in [-0.39, 0.29) is 35.2 Å². The number of phenolic OH excluding ortho intramolecular Hbond substituents is 1. The fourth-order valence-electron chi connectivity index (χ4n) is 2.81. The zero-order valence-electron chi connectivity index (χ0n) is 19.1. The van der Waals surface area contributed by atoms with E-state index in [2.05, 4.69) is 20.0 Å². The number of nitrogens with zero attached hydrogens (tertiary/aromatic N) is 3. The summed E-state index contributed by atoms with van der Waals surface area (Å²) in [5, 5.41) is 12.2. The second-order valence-electron chi connectivity index (χ2n) is 7.44. The Morgan fingerprint density at radius 1 is 1.06 bits per heavy atom. The molecule has 2 rings (SSSR count). The van der Waals surface area contributed by atoms with Gasteiger partial charge in [-0.05, 0) is 55.5 Å². The molecule has 0 aliphatic carbocycles. The standard InChI is InChI=1S/C23H25F3N4O4/c1-14(28-21(27-2)15-7-11-18(12-8-15)34-23(24,25)26)19(13-20(32)30(3)4)29-22(33)16-5-9-17(31)10-6-16/h5-12,19,31H,13H2,1-4H3,(H,29,33)/t19-/m0/s1. The van der Waals surface area contributed by atoms with E-state index in [1.54, 1.807) is 21.0 Å². The monoisotopic (exact) mass is 478 g/mol. The van der Waals surface area contributed by atoms with Crippen molar-refractivity contribution in [2.75, 3.05) is 21.1 Å². The average molecular weight is 478 g/mol. The van der Waals surface area contributed by atoms with E-state index >= 15 is 0 Å². The van der Waals surface area contributed by atoms with Gasteiger partial charge in [0.15, 0.2) is 5.84 Å². The van der Waals surface area contributed by atoms with E-state index < -0.39 is 18.3 Å². The molecule has 182 valence electrons. The molecule has 2 aromatic rings. The van der Waals surface area contributed by atoms with E-state index in [0.717, 1.165) is 12.1 Å². The van der Waals surface area contributed by atoms with Crippen LogP contribution in [-0.4, -0.2) is 66.9 Å². The molecule has 2 aromatic carbocycles. The number of benzene rings is 2. The minimum absolute atomic E-state index is 0.00378. The van der Waals surface area contributed by atoms with Crippen molar-refractivity contribution in [1.29, 1.82) is 0 Å². The number of halogens is 3. The van der Waals surface area contributed by atoms with Gasteiger partial charge in [0, 0.05) is 38.0 Å². The number of carbonyl (C=O) groups excluding carboxylic acids is 2. The maximum Gasteiger partial charge on any atom is 0.573 e. The molecule has 0 bridgehead atoms. The summed E-state index contributed by atoms with van der Waals surface area (Å²) in [7, 11) is 4.62. The van der Waals surface area contributed by atoms with Gasteiger partial charge in [-0.2, -0.15) is 0 Å². The van der Waals surface area contributed by atoms with E-state index in [1.807, 2.05) is 0 Å². The summed E-state index contributed by atoms with van der Waals surface area (Å²) in [4.78, 5) is 34.9. The SMILES string of the molecule is CN=C(N=C(C)[C@H](CC(=O)N(C)C)NC(=O)c1ccc(O)cc1)c1ccc(OC(F)(F)F)cc1. The molecule has 1 atom stereocenters. The predicted octanol–water partition coefficient (Wildman–Crippen LogP) is 3.41. The van der Waals surface area contributed by atoms with Crippen LogP contribution in [0, 0.1) is 0 Å². The number of nitrogens with one attached hydrogen (secondary N) is 1. The first-order chi connectivity index (χ1) is 15.9. The second kappa shape index (κ2) is 11.3. The van der Waals surface area contributed by atoms with Gasteiger partial charge >= 0.3 is 6.36 Å². The molecule has 0 saturated carbocycles. The summed E-state index contributed by atoms with van der Waals surface area (Å²) >= 11 is 0. The smallest absolute Gasteiger partial charge is 0.508 e. The largest absolute Gasteiger partial charge is 0.573 e. The predicted molar refractivity (Wildman–Crippen MR) is 121 cm³/mol. The van der Waals surface area contributed by atoms with Gasteiger partial charge < -0.3 is 20.1 Å². The van der Waals surface area contributed by atoms with Crippen LogP contribution in [0.4, 0.5) is 13.2 Å². The van der Waals surface area contributed by atoms with Crippen LogP contribution < -0.4 is 10.1 Å². The fourth-order valence-corrected chi connectivity index (χ4v) is 2.81. The average Bonchev–Trinajstić information content (AvgIpc) is 2.76. The molecular weight excluding hydrogens is 453 g/mol. The maximum atomic E-state index is 12.7. The summed E-state index contributed by atoms with van der Waals surface area (Å²) in [6.45, 7) is 1.61. The number of aliphatic imine (C=N–C) groups is 2. The number of amidine groups is 1. The van der Waals surface area contributed by atoms with Crippen molar-refractivity contribution in [3.63, 3.8) is 0 Å². The lowest BCUT2D eigenvalue weighted by Gasteiger charge is -2.21. The number of hydrogen-bond acceptors (Lipinski definition) is 5. The highest BCUT2D eigenvalue weighted by Crippen LogP contribution is 2.23. The Morgan fingerprint density at radius 2 is 1.62 bits per heavy atom. The third kappa shape index (κ3) is 7.91. The van der Waals surface area contributed by atoms with Gasteiger partial charge in [0.25, 0.3) is 5.91 Å². The van der Waals surface area contributed by atoms with E-state index in [0.29, 0.717) is 11.3 Å². The Hall–Kier alpha value is -3.89. The molecule has 0 aliphatic heterocycles. The first-order valence-corrected chi connectivity index (χ1v) is 10.1. The molecule has 8 nitrogen and oxygen atoms in total. The zero-order chi connectivity index (χ0) is 25.5. The summed E-state index contributed by atoms with van der Waals surface area (Å²) in [5.74, 6) is -0.923. The van der Waals surface area contributed by atoms with Crippen LogP contribution >= 0.6 is 0 Å². The van der Waals surface area contributed by atoms with Crippen LogP contribution in [0.3, 0.4) is 0 Å². The quantitative estimate of drug-likeness (QED) is 0.470. The number of amides is 2. The summed E-state index contributed by atoms with van der Waals surface area (Å²) in [6.07, 6.45) is -4.89. The number of aromatic hydroxyl groups is 1. The van der Waals surface area contributed by atoms with Crippen molar-refractivity contribution in [2.24, 2.45) is 9.98 Å². The Balaban J connectivity index is 2.29. The van der Waals surface area contributed by atoms with Gasteiger partial charge in [0.1, 0.15) is 11.5 Å². The summed E-state index contributed by atoms with van der Waals surface area (Å²) in [6, 6.07) is 9.83. The van der Waals surface area contributed by atoms with Crippen LogP contribution in [0.15, 0.2) is 58.5 Å². The van der Waals surface area contributed by atoms with E-state index in [1.165, 1.54) is 48.3 Å². The van der Waals surface area contributed by atoms with Gasteiger partial charge in [-0.3, -0.25) is 14.6 Å². The van der Waals surface area contributed by atoms with Crippen molar-refractivity contribution in [1.82, 2.24) is 10.2 Å². The molecule has 34 heavy (non-hydrogen) atoms. The lowest BCUT2D eigenvalue weighted by Crippen LogP contribution is -2.43. The Kier molecular flexibility index (Phi) is 8.76. The third-order valence-corrected chi connectivity index (χ3v) is 4.66. The Labute approximate surface area is 194 Å². The Bertz CT molecular complexity index is 1060. The third-order valence-electron chi connectivity index (χ3n) is 4.66. The van der Waals surface area contributed by atoms with Crippen molar-refractivity contribution < 1.29 is 32.6 Å². The summed E-state index contributed by atoms with van der Waals surface area (Å²) < 4.78 is 41.0. The number of carbonyl (C=O) groups is 2. The van der Waals surface area contributed by atoms with Crippen LogP contribution in [0.2, 0.25) is 0 Å². The fraction of sp³-hybridized carbons (Fsp3) is 0.304. The van der Waals surface area contributed by atoms with Crippen LogP contribution in [0.25, 0.3) is 0 Å². The van der Waals surface area contributed by atoms with Crippen LogP contribution in [0.1, 0.15) is 29.3 Å². The minimum Gasteiger partial charge on any atom is -0.508 e. The van der Waals surface area contributed by atoms with Gasteiger partial charge in [-0.15, -0.1) is 13.2 Å². The highest BCUT2D eigenvalue weighted by molar-refractivity contribution is 6.09. The highest BCUT2D eigenvalue weighted by atomic mass is 19.4.